The maximum Gasteiger partial charge on any atom is 0.373 e. The van der Waals surface area contributed by atoms with Crippen molar-refractivity contribution in [2.24, 2.45) is 0 Å². The fraction of sp³-hybridized carbons (Fsp3) is 0.0769. The molecule has 0 radical (unpaired) electrons. The van der Waals surface area contributed by atoms with E-state index in [-0.39, 0.29) is 24.1 Å². The van der Waals surface area contributed by atoms with Gasteiger partial charge in [0.1, 0.15) is 11.9 Å². The Hall–Kier alpha value is -3.14. The van der Waals surface area contributed by atoms with E-state index in [0.717, 1.165) is 0 Å². The third-order valence-corrected chi connectivity index (χ3v) is 4.04. The first kappa shape index (κ1) is 13.5. The Balaban J connectivity index is 1.72. The van der Waals surface area contributed by atoms with Gasteiger partial charge in [-0.1, -0.05) is 11.3 Å². The number of anilines is 3. The molecule has 3 heterocycles. The summed E-state index contributed by atoms with van der Waals surface area (Å²) in [6.45, 7) is -0.0252. The maximum atomic E-state index is 11.4. The molecule has 9 nitrogen and oxygen atoms in total. The Labute approximate surface area is 132 Å². The summed E-state index contributed by atoms with van der Waals surface area (Å²) in [5, 5.41) is 18.6. The van der Waals surface area contributed by atoms with E-state index in [4.69, 9.17) is 4.74 Å². The number of benzene rings is 1. The van der Waals surface area contributed by atoms with Crippen LogP contribution in [0.3, 0.4) is 0 Å². The number of aromatic nitrogens is 2. The van der Waals surface area contributed by atoms with Crippen molar-refractivity contribution in [2.45, 2.75) is 0 Å². The minimum absolute atomic E-state index is 0.0252. The molecule has 23 heavy (non-hydrogen) atoms. The molecule has 0 saturated heterocycles. The molecule has 10 heteroatoms. The number of ether oxygens (including phenoxy) is 1. The smallest absolute Gasteiger partial charge is 0.373 e. The van der Waals surface area contributed by atoms with Crippen LogP contribution in [0, 0.1) is 10.1 Å². The van der Waals surface area contributed by atoms with Crippen molar-refractivity contribution < 1.29 is 14.5 Å². The van der Waals surface area contributed by atoms with E-state index in [1.807, 2.05) is 0 Å². The van der Waals surface area contributed by atoms with Crippen molar-refractivity contribution in [3.63, 3.8) is 0 Å². The van der Waals surface area contributed by atoms with Gasteiger partial charge in [0.05, 0.1) is 5.69 Å². The van der Waals surface area contributed by atoms with Crippen LogP contribution in [-0.4, -0.2) is 26.8 Å². The Bertz CT molecular complexity index is 947. The Morgan fingerprint density at radius 1 is 1.48 bits per heavy atom. The third kappa shape index (κ3) is 2.25. The summed E-state index contributed by atoms with van der Waals surface area (Å²) in [7, 11) is 0. The molecule has 1 aromatic carbocycles. The van der Waals surface area contributed by atoms with Crippen LogP contribution in [0.2, 0.25) is 0 Å². The van der Waals surface area contributed by atoms with Crippen molar-refractivity contribution in [3.8, 4) is 5.75 Å². The number of carbonyl (C=O) groups excluding carboxylic acids is 1. The quantitative estimate of drug-likeness (QED) is 0.563. The Kier molecular flexibility index (Phi) is 2.91. The number of fused-ring (bicyclic) bond motifs is 2. The van der Waals surface area contributed by atoms with Crippen LogP contribution in [0.1, 0.15) is 0 Å². The van der Waals surface area contributed by atoms with Crippen LogP contribution in [0.15, 0.2) is 29.8 Å². The lowest BCUT2D eigenvalue weighted by atomic mass is 10.2. The second-order valence-electron chi connectivity index (χ2n) is 4.77. The summed E-state index contributed by atoms with van der Waals surface area (Å²) in [4.78, 5) is 26.9. The Morgan fingerprint density at radius 3 is 3.17 bits per heavy atom. The molecule has 2 N–H and O–H groups in total. The summed E-state index contributed by atoms with van der Waals surface area (Å²) in [5.74, 6) is 0.308. The molecule has 0 spiro atoms. The highest BCUT2D eigenvalue weighted by Gasteiger charge is 2.24. The second kappa shape index (κ2) is 4.95. The molecule has 116 valence electrons. The summed E-state index contributed by atoms with van der Waals surface area (Å²) < 4.78 is 6.69. The minimum Gasteiger partial charge on any atom is -0.482 e. The number of amides is 1. The van der Waals surface area contributed by atoms with Gasteiger partial charge in [0, 0.05) is 11.1 Å². The first-order valence-electron chi connectivity index (χ1n) is 6.55. The highest BCUT2D eigenvalue weighted by atomic mass is 32.1. The van der Waals surface area contributed by atoms with E-state index in [2.05, 4.69) is 15.6 Å². The van der Waals surface area contributed by atoms with Crippen LogP contribution in [-0.2, 0) is 4.79 Å². The fourth-order valence-corrected chi connectivity index (χ4v) is 3.04. The number of nitrogens with zero attached hydrogens (tertiary/aromatic N) is 3. The molecule has 4 rings (SSSR count). The molecular weight excluding hydrogens is 322 g/mol. The van der Waals surface area contributed by atoms with E-state index < -0.39 is 4.92 Å². The number of hydrogen-bond donors (Lipinski definition) is 2. The zero-order valence-electron chi connectivity index (χ0n) is 11.5. The van der Waals surface area contributed by atoms with Crippen LogP contribution < -0.4 is 15.4 Å². The standard InChI is InChI=1S/C13H9N5O4S/c19-10-6-22-9-2-1-7(5-8(9)15-10)14-11-12(18(20)21)17-3-4-23-13(17)16-11/h1-5,14H,6H2,(H,15,19). The van der Waals surface area contributed by atoms with Gasteiger partial charge in [-0.3, -0.25) is 4.79 Å². The average Bonchev–Trinajstić information content (AvgIpc) is 3.06. The summed E-state index contributed by atoms with van der Waals surface area (Å²) in [6.07, 6.45) is 1.59. The molecule has 0 saturated carbocycles. The number of hydrogen-bond acceptors (Lipinski definition) is 7. The van der Waals surface area contributed by atoms with E-state index in [1.54, 1.807) is 29.8 Å². The highest BCUT2D eigenvalue weighted by molar-refractivity contribution is 7.15. The molecule has 0 aliphatic carbocycles. The van der Waals surface area contributed by atoms with Gasteiger partial charge in [-0.2, -0.15) is 9.38 Å². The molecule has 0 atom stereocenters. The van der Waals surface area contributed by atoms with Gasteiger partial charge in [0.25, 0.3) is 10.9 Å². The molecule has 0 fully saturated rings. The van der Waals surface area contributed by atoms with Crippen LogP contribution in [0.5, 0.6) is 5.75 Å². The van der Waals surface area contributed by atoms with Crippen molar-refractivity contribution in [2.75, 3.05) is 17.2 Å². The van der Waals surface area contributed by atoms with Crippen molar-refractivity contribution in [1.82, 2.24) is 9.38 Å². The van der Waals surface area contributed by atoms with E-state index >= 15 is 0 Å². The molecule has 0 unspecified atom stereocenters. The lowest BCUT2D eigenvalue weighted by Crippen LogP contribution is -2.25. The SMILES string of the molecule is O=C1COc2ccc(Nc3nc4sccn4c3[N+](=O)[O-])cc2N1. The van der Waals surface area contributed by atoms with E-state index in [0.29, 0.717) is 22.1 Å². The maximum absolute atomic E-state index is 11.4. The zero-order chi connectivity index (χ0) is 16.0. The van der Waals surface area contributed by atoms with Gasteiger partial charge in [0.2, 0.25) is 5.82 Å². The number of nitrogens with one attached hydrogen (secondary N) is 2. The van der Waals surface area contributed by atoms with Crippen molar-refractivity contribution >= 4 is 45.2 Å². The van der Waals surface area contributed by atoms with Crippen molar-refractivity contribution in [1.29, 1.82) is 0 Å². The lowest BCUT2D eigenvalue weighted by molar-refractivity contribution is -0.389. The molecule has 0 bridgehead atoms. The third-order valence-electron chi connectivity index (χ3n) is 3.28. The van der Waals surface area contributed by atoms with Gasteiger partial charge in [0.15, 0.2) is 6.61 Å². The van der Waals surface area contributed by atoms with Gasteiger partial charge in [-0.05, 0) is 23.1 Å². The van der Waals surface area contributed by atoms with Gasteiger partial charge < -0.3 is 25.5 Å². The largest absolute Gasteiger partial charge is 0.482 e. The predicted molar refractivity (Wildman–Crippen MR) is 83.6 cm³/mol. The zero-order valence-corrected chi connectivity index (χ0v) is 12.3. The summed E-state index contributed by atoms with van der Waals surface area (Å²) in [5.41, 5.74) is 1.07. The number of rotatable bonds is 3. The summed E-state index contributed by atoms with van der Waals surface area (Å²) in [6, 6.07) is 5.03. The van der Waals surface area contributed by atoms with Crippen LogP contribution in [0.25, 0.3) is 4.96 Å². The minimum atomic E-state index is -0.488. The van der Waals surface area contributed by atoms with Gasteiger partial charge in [-0.25, -0.2) is 0 Å². The fourth-order valence-electron chi connectivity index (χ4n) is 2.33. The molecule has 3 aromatic rings. The van der Waals surface area contributed by atoms with E-state index in [1.165, 1.54) is 15.7 Å². The van der Waals surface area contributed by atoms with E-state index in [9.17, 15) is 14.9 Å². The number of thiazole rings is 1. The topological polar surface area (TPSA) is 111 Å². The highest BCUT2D eigenvalue weighted by Crippen LogP contribution is 2.34. The van der Waals surface area contributed by atoms with Crippen molar-refractivity contribution in [3.05, 3.63) is 39.9 Å². The summed E-state index contributed by atoms with van der Waals surface area (Å²) >= 11 is 1.30. The molecule has 1 amide bonds. The molecule has 1 aliphatic rings. The number of nitro groups is 1. The molecule has 2 aromatic heterocycles. The lowest BCUT2D eigenvalue weighted by Gasteiger charge is -2.18. The first-order valence-corrected chi connectivity index (χ1v) is 7.43. The second-order valence-corrected chi connectivity index (χ2v) is 5.64. The number of carbonyl (C=O) groups is 1. The number of imidazole rings is 1. The average molecular weight is 331 g/mol. The predicted octanol–water partition coefficient (Wildman–Crippen LogP) is 2.38. The van der Waals surface area contributed by atoms with Crippen LogP contribution in [0.4, 0.5) is 23.0 Å². The van der Waals surface area contributed by atoms with Gasteiger partial charge in [-0.15, -0.1) is 0 Å². The Morgan fingerprint density at radius 2 is 2.35 bits per heavy atom. The van der Waals surface area contributed by atoms with Gasteiger partial charge >= 0.3 is 5.82 Å². The first-order chi connectivity index (χ1) is 11.1. The van der Waals surface area contributed by atoms with Crippen LogP contribution >= 0.6 is 11.3 Å². The molecule has 1 aliphatic heterocycles. The monoisotopic (exact) mass is 331 g/mol. The normalized spacial score (nSPS) is 13.3. The molecular formula is C13H9N5O4S.